The molecule has 21 heavy (non-hydrogen) atoms. The van der Waals surface area contributed by atoms with Gasteiger partial charge >= 0.3 is 0 Å². The minimum absolute atomic E-state index is 0.0343. The van der Waals surface area contributed by atoms with Crippen molar-refractivity contribution in [2.24, 2.45) is 11.8 Å². The fourth-order valence-electron chi connectivity index (χ4n) is 3.93. The highest BCUT2D eigenvalue weighted by atomic mass is 16.3. The lowest BCUT2D eigenvalue weighted by Gasteiger charge is -2.35. The van der Waals surface area contributed by atoms with Crippen molar-refractivity contribution in [2.75, 3.05) is 6.54 Å². The van der Waals surface area contributed by atoms with E-state index in [2.05, 4.69) is 24.4 Å². The van der Waals surface area contributed by atoms with Gasteiger partial charge in [-0.1, -0.05) is 44.0 Å². The molecule has 0 saturated heterocycles. The summed E-state index contributed by atoms with van der Waals surface area (Å²) in [6.07, 6.45) is 5.52. The lowest BCUT2D eigenvalue weighted by atomic mass is 9.79. The van der Waals surface area contributed by atoms with Crippen molar-refractivity contribution in [1.29, 1.82) is 0 Å². The zero-order valence-electron chi connectivity index (χ0n) is 12.8. The van der Waals surface area contributed by atoms with Crippen molar-refractivity contribution >= 4 is 5.91 Å². The number of aliphatic hydroxyl groups is 1. The van der Waals surface area contributed by atoms with E-state index in [1.54, 1.807) is 0 Å². The van der Waals surface area contributed by atoms with Gasteiger partial charge in [0.2, 0.25) is 5.91 Å². The third kappa shape index (κ3) is 3.29. The smallest absolute Gasteiger partial charge is 0.223 e. The second-order valence-electron chi connectivity index (χ2n) is 7.02. The molecule has 1 amide bonds. The van der Waals surface area contributed by atoms with Crippen LogP contribution in [0, 0.1) is 11.8 Å². The number of hydrogen-bond acceptors (Lipinski definition) is 2. The minimum Gasteiger partial charge on any atom is -0.388 e. The summed E-state index contributed by atoms with van der Waals surface area (Å²) >= 11 is 0. The molecular formula is C18H25NO2. The lowest BCUT2D eigenvalue weighted by molar-refractivity contribution is -0.126. The van der Waals surface area contributed by atoms with Crippen LogP contribution < -0.4 is 5.32 Å². The van der Waals surface area contributed by atoms with Gasteiger partial charge in [-0.05, 0) is 42.7 Å². The second kappa shape index (κ2) is 5.80. The van der Waals surface area contributed by atoms with Gasteiger partial charge in [-0.2, -0.15) is 0 Å². The van der Waals surface area contributed by atoms with Gasteiger partial charge in [-0.15, -0.1) is 0 Å². The SMILES string of the molecule is CC1CCCC(O)(CNC(=O)C2Cc3ccccc3C2)C1. The van der Waals surface area contributed by atoms with Crippen LogP contribution in [-0.2, 0) is 17.6 Å². The van der Waals surface area contributed by atoms with E-state index in [0.29, 0.717) is 12.5 Å². The molecule has 2 aliphatic carbocycles. The van der Waals surface area contributed by atoms with Gasteiger partial charge < -0.3 is 10.4 Å². The van der Waals surface area contributed by atoms with Gasteiger partial charge in [0.25, 0.3) is 0 Å². The summed E-state index contributed by atoms with van der Waals surface area (Å²) in [7, 11) is 0. The largest absolute Gasteiger partial charge is 0.388 e. The maximum absolute atomic E-state index is 12.4. The van der Waals surface area contributed by atoms with E-state index < -0.39 is 5.60 Å². The van der Waals surface area contributed by atoms with Crippen LogP contribution in [0.2, 0.25) is 0 Å². The predicted octanol–water partition coefficient (Wildman–Crippen LogP) is 2.46. The van der Waals surface area contributed by atoms with Crippen molar-refractivity contribution in [3.63, 3.8) is 0 Å². The molecule has 3 nitrogen and oxygen atoms in total. The molecule has 1 saturated carbocycles. The molecule has 1 fully saturated rings. The lowest BCUT2D eigenvalue weighted by Crippen LogP contribution is -2.47. The third-order valence-electron chi connectivity index (χ3n) is 5.08. The summed E-state index contributed by atoms with van der Waals surface area (Å²) in [5.41, 5.74) is 1.89. The minimum atomic E-state index is -0.696. The highest BCUT2D eigenvalue weighted by Gasteiger charge is 2.34. The first kappa shape index (κ1) is 14.6. The fraction of sp³-hybridized carbons (Fsp3) is 0.611. The van der Waals surface area contributed by atoms with E-state index in [9.17, 15) is 9.90 Å². The molecule has 0 spiro atoms. The molecule has 2 atom stereocenters. The number of amides is 1. The predicted molar refractivity (Wildman–Crippen MR) is 82.9 cm³/mol. The maximum atomic E-state index is 12.4. The van der Waals surface area contributed by atoms with Crippen molar-refractivity contribution in [3.05, 3.63) is 35.4 Å². The molecule has 114 valence electrons. The van der Waals surface area contributed by atoms with Crippen LogP contribution in [0.3, 0.4) is 0 Å². The Balaban J connectivity index is 1.54. The molecule has 1 aromatic carbocycles. The Hall–Kier alpha value is -1.35. The summed E-state index contributed by atoms with van der Waals surface area (Å²) in [6, 6.07) is 8.29. The van der Waals surface area contributed by atoms with E-state index >= 15 is 0 Å². The molecule has 2 N–H and O–H groups in total. The Morgan fingerprint density at radius 2 is 2.00 bits per heavy atom. The van der Waals surface area contributed by atoms with Gasteiger partial charge in [-0.3, -0.25) is 4.79 Å². The second-order valence-corrected chi connectivity index (χ2v) is 7.02. The summed E-state index contributed by atoms with van der Waals surface area (Å²) < 4.78 is 0. The number of rotatable bonds is 3. The summed E-state index contributed by atoms with van der Waals surface area (Å²) in [5, 5.41) is 13.6. The average Bonchev–Trinajstić information content (AvgIpc) is 2.88. The number of carbonyl (C=O) groups excluding carboxylic acids is 1. The first-order chi connectivity index (χ1) is 10.1. The van der Waals surface area contributed by atoms with Crippen LogP contribution in [-0.4, -0.2) is 23.2 Å². The van der Waals surface area contributed by atoms with E-state index in [4.69, 9.17) is 0 Å². The van der Waals surface area contributed by atoms with Gasteiger partial charge in [0.15, 0.2) is 0 Å². The average molecular weight is 287 g/mol. The number of fused-ring (bicyclic) bond motifs is 1. The maximum Gasteiger partial charge on any atom is 0.223 e. The quantitative estimate of drug-likeness (QED) is 0.897. The zero-order valence-corrected chi connectivity index (χ0v) is 12.8. The zero-order chi connectivity index (χ0) is 14.9. The standard InChI is InChI=1S/C18H25NO2/c1-13-5-4-8-18(21,11-13)12-19-17(20)16-9-14-6-2-3-7-15(14)10-16/h2-3,6-7,13,16,21H,4-5,8-12H2,1H3,(H,19,20). The highest BCUT2D eigenvalue weighted by molar-refractivity contribution is 5.80. The van der Waals surface area contributed by atoms with Crippen molar-refractivity contribution < 1.29 is 9.90 Å². The van der Waals surface area contributed by atoms with Crippen molar-refractivity contribution in [3.8, 4) is 0 Å². The first-order valence-corrected chi connectivity index (χ1v) is 8.13. The number of benzene rings is 1. The molecule has 2 aliphatic rings. The van der Waals surface area contributed by atoms with Gasteiger partial charge in [0, 0.05) is 12.5 Å². The molecule has 0 aromatic heterocycles. The van der Waals surface area contributed by atoms with Crippen molar-refractivity contribution in [2.45, 2.75) is 51.0 Å². The normalized spacial score (nSPS) is 29.1. The van der Waals surface area contributed by atoms with E-state index in [1.165, 1.54) is 17.5 Å². The number of nitrogens with one attached hydrogen (secondary N) is 1. The third-order valence-corrected chi connectivity index (χ3v) is 5.08. The number of carbonyl (C=O) groups is 1. The Bertz CT molecular complexity index is 503. The molecular weight excluding hydrogens is 262 g/mol. The summed E-state index contributed by atoms with van der Waals surface area (Å²) in [5.74, 6) is 0.682. The van der Waals surface area contributed by atoms with Gasteiger partial charge in [-0.25, -0.2) is 0 Å². The van der Waals surface area contributed by atoms with Crippen LogP contribution in [0.4, 0.5) is 0 Å². The Morgan fingerprint density at radius 1 is 1.33 bits per heavy atom. The Morgan fingerprint density at radius 3 is 2.62 bits per heavy atom. The van der Waals surface area contributed by atoms with Crippen LogP contribution in [0.1, 0.15) is 43.7 Å². The Labute approximate surface area is 126 Å². The monoisotopic (exact) mass is 287 g/mol. The molecule has 3 rings (SSSR count). The topological polar surface area (TPSA) is 49.3 Å². The molecule has 3 heteroatoms. The van der Waals surface area contributed by atoms with E-state index in [-0.39, 0.29) is 11.8 Å². The van der Waals surface area contributed by atoms with Gasteiger partial charge in [0.05, 0.1) is 5.60 Å². The van der Waals surface area contributed by atoms with E-state index in [1.807, 2.05) is 12.1 Å². The highest BCUT2D eigenvalue weighted by Crippen LogP contribution is 2.32. The Kier molecular flexibility index (Phi) is 4.03. The molecule has 0 aliphatic heterocycles. The fourth-order valence-corrected chi connectivity index (χ4v) is 3.93. The molecule has 2 unspecified atom stereocenters. The van der Waals surface area contributed by atoms with Crippen LogP contribution in [0.5, 0.6) is 0 Å². The number of hydrogen-bond donors (Lipinski definition) is 2. The van der Waals surface area contributed by atoms with Crippen LogP contribution >= 0.6 is 0 Å². The molecule has 0 bridgehead atoms. The van der Waals surface area contributed by atoms with E-state index in [0.717, 1.165) is 32.1 Å². The van der Waals surface area contributed by atoms with Gasteiger partial charge in [0.1, 0.15) is 0 Å². The summed E-state index contributed by atoms with van der Waals surface area (Å²) in [4.78, 5) is 12.4. The summed E-state index contributed by atoms with van der Waals surface area (Å²) in [6.45, 7) is 2.59. The molecule has 0 radical (unpaired) electrons. The van der Waals surface area contributed by atoms with Crippen LogP contribution in [0.15, 0.2) is 24.3 Å². The first-order valence-electron chi connectivity index (χ1n) is 8.13. The molecule has 0 heterocycles. The van der Waals surface area contributed by atoms with Crippen molar-refractivity contribution in [1.82, 2.24) is 5.32 Å². The molecule has 1 aromatic rings. The van der Waals surface area contributed by atoms with Crippen LogP contribution in [0.25, 0.3) is 0 Å².